The molecule has 160 valence electrons. The van der Waals surface area contributed by atoms with Crippen LogP contribution in [0.5, 0.6) is 0 Å². The van der Waals surface area contributed by atoms with Gasteiger partial charge in [-0.05, 0) is 12.0 Å². The van der Waals surface area contributed by atoms with E-state index in [0.29, 0.717) is 5.06 Å². The lowest BCUT2D eigenvalue weighted by molar-refractivity contribution is -0.199. The highest BCUT2D eigenvalue weighted by Gasteiger charge is 2.35. The summed E-state index contributed by atoms with van der Waals surface area (Å²) in [5, 5.41) is 2.60. The summed E-state index contributed by atoms with van der Waals surface area (Å²) in [4.78, 5) is 64.2. The predicted octanol–water partition coefficient (Wildman–Crippen LogP) is 1.40. The Balaban J connectivity index is 1.92. The number of nitrogens with one attached hydrogen (secondary N) is 1. The number of imide groups is 1. The molecule has 0 spiro atoms. The molecule has 1 fully saturated rings. The molecule has 0 aromatic heterocycles. The molecule has 0 radical (unpaired) electrons. The summed E-state index contributed by atoms with van der Waals surface area (Å²) in [6.45, 7) is 3.35. The lowest BCUT2D eigenvalue weighted by Crippen LogP contribution is -2.45. The average molecular weight is 418 g/mol. The number of esters is 1. The fourth-order valence-corrected chi connectivity index (χ4v) is 2.45. The van der Waals surface area contributed by atoms with Crippen LogP contribution in [0.2, 0.25) is 0 Å². The molecule has 3 amide bonds. The number of carbonyl (C=O) groups excluding carboxylic acids is 5. The van der Waals surface area contributed by atoms with E-state index in [-0.39, 0.29) is 38.9 Å². The summed E-state index contributed by atoms with van der Waals surface area (Å²) in [5.41, 5.74) is 0.791. The SMILES string of the molecule is C=CCOC(=O)N[C@H](CCC(=O)OCc1ccccc1)C(=O)ON1C(=O)CCC1=O. The van der Waals surface area contributed by atoms with Crippen molar-refractivity contribution < 1.29 is 38.3 Å². The first kappa shape index (κ1) is 22.6. The van der Waals surface area contributed by atoms with Gasteiger partial charge in [-0.1, -0.05) is 43.0 Å². The summed E-state index contributed by atoms with van der Waals surface area (Å²) in [7, 11) is 0. The minimum Gasteiger partial charge on any atom is -0.461 e. The second-order valence-electron chi connectivity index (χ2n) is 6.26. The van der Waals surface area contributed by atoms with Gasteiger partial charge in [-0.25, -0.2) is 9.59 Å². The van der Waals surface area contributed by atoms with Gasteiger partial charge >= 0.3 is 18.0 Å². The number of rotatable bonds is 10. The van der Waals surface area contributed by atoms with Crippen LogP contribution in [0.4, 0.5) is 4.79 Å². The fraction of sp³-hybridized carbons (Fsp3) is 0.350. The number of benzene rings is 1. The van der Waals surface area contributed by atoms with Gasteiger partial charge in [-0.15, -0.1) is 5.06 Å². The zero-order chi connectivity index (χ0) is 21.9. The number of hydrogen-bond donors (Lipinski definition) is 1. The van der Waals surface area contributed by atoms with Gasteiger partial charge < -0.3 is 19.6 Å². The molecule has 30 heavy (non-hydrogen) atoms. The lowest BCUT2D eigenvalue weighted by atomic mass is 10.1. The first-order valence-corrected chi connectivity index (χ1v) is 9.22. The van der Waals surface area contributed by atoms with Crippen LogP contribution in [0.3, 0.4) is 0 Å². The molecule has 0 saturated carbocycles. The van der Waals surface area contributed by atoms with Crippen LogP contribution in [0.15, 0.2) is 43.0 Å². The van der Waals surface area contributed by atoms with E-state index in [4.69, 9.17) is 14.3 Å². The van der Waals surface area contributed by atoms with Crippen LogP contribution in [-0.2, 0) is 40.1 Å². The largest absolute Gasteiger partial charge is 0.461 e. The molecule has 1 aliphatic heterocycles. The van der Waals surface area contributed by atoms with E-state index in [1.807, 2.05) is 6.07 Å². The number of alkyl carbamates (subject to hydrolysis) is 1. The van der Waals surface area contributed by atoms with Crippen molar-refractivity contribution >= 4 is 29.8 Å². The maximum absolute atomic E-state index is 12.4. The molecule has 1 N–H and O–H groups in total. The van der Waals surface area contributed by atoms with Gasteiger partial charge in [0, 0.05) is 19.3 Å². The number of hydrogen-bond acceptors (Lipinski definition) is 8. The minimum atomic E-state index is -1.34. The Morgan fingerprint density at radius 1 is 1.10 bits per heavy atom. The molecular weight excluding hydrogens is 396 g/mol. The fourth-order valence-electron chi connectivity index (χ4n) is 2.45. The second kappa shape index (κ2) is 11.3. The third-order valence-corrected chi connectivity index (χ3v) is 3.98. The number of hydroxylamine groups is 2. The van der Waals surface area contributed by atoms with Gasteiger partial charge in [-0.2, -0.15) is 0 Å². The van der Waals surface area contributed by atoms with Gasteiger partial charge in [0.2, 0.25) is 0 Å². The topological polar surface area (TPSA) is 128 Å². The molecule has 1 aliphatic rings. The van der Waals surface area contributed by atoms with Crippen LogP contribution >= 0.6 is 0 Å². The Hall–Kier alpha value is -3.69. The van der Waals surface area contributed by atoms with Crippen molar-refractivity contribution in [3.05, 3.63) is 48.6 Å². The molecule has 0 unspecified atom stereocenters. The van der Waals surface area contributed by atoms with Crippen molar-refractivity contribution in [1.29, 1.82) is 0 Å². The maximum atomic E-state index is 12.4. The average Bonchev–Trinajstić information content (AvgIpc) is 3.06. The van der Waals surface area contributed by atoms with Crippen LogP contribution in [-0.4, -0.2) is 47.6 Å². The Morgan fingerprint density at radius 3 is 2.40 bits per heavy atom. The highest BCUT2D eigenvalue weighted by molar-refractivity contribution is 6.01. The third-order valence-electron chi connectivity index (χ3n) is 3.98. The summed E-state index contributed by atoms with van der Waals surface area (Å²) in [5.74, 6) is -3.01. The number of carbonyl (C=O) groups is 5. The summed E-state index contributed by atoms with van der Waals surface area (Å²) in [6.07, 6.45) is -0.180. The van der Waals surface area contributed by atoms with Crippen molar-refractivity contribution in [1.82, 2.24) is 10.4 Å². The Morgan fingerprint density at radius 2 is 1.77 bits per heavy atom. The van der Waals surface area contributed by atoms with E-state index in [1.54, 1.807) is 24.3 Å². The normalized spacial score (nSPS) is 14.1. The van der Waals surface area contributed by atoms with Crippen LogP contribution < -0.4 is 5.32 Å². The monoisotopic (exact) mass is 418 g/mol. The van der Waals surface area contributed by atoms with E-state index in [0.717, 1.165) is 5.56 Å². The van der Waals surface area contributed by atoms with Crippen LogP contribution in [0, 0.1) is 0 Å². The molecule has 2 rings (SSSR count). The molecule has 1 aromatic rings. The maximum Gasteiger partial charge on any atom is 0.408 e. The van der Waals surface area contributed by atoms with Crippen molar-refractivity contribution in [2.45, 2.75) is 38.3 Å². The van der Waals surface area contributed by atoms with E-state index in [9.17, 15) is 24.0 Å². The van der Waals surface area contributed by atoms with Gasteiger partial charge in [-0.3, -0.25) is 14.4 Å². The Kier molecular flexibility index (Phi) is 8.55. The van der Waals surface area contributed by atoms with E-state index >= 15 is 0 Å². The number of amides is 3. The van der Waals surface area contributed by atoms with Crippen molar-refractivity contribution in [3.8, 4) is 0 Å². The summed E-state index contributed by atoms with van der Waals surface area (Å²) < 4.78 is 9.89. The van der Waals surface area contributed by atoms with Crippen molar-refractivity contribution in [3.63, 3.8) is 0 Å². The molecular formula is C20H22N2O8. The summed E-state index contributed by atoms with van der Waals surface area (Å²) >= 11 is 0. The molecule has 0 aliphatic carbocycles. The minimum absolute atomic E-state index is 0.0559. The predicted molar refractivity (Wildman–Crippen MR) is 101 cm³/mol. The molecule has 10 nitrogen and oxygen atoms in total. The quantitative estimate of drug-likeness (QED) is 0.343. The first-order chi connectivity index (χ1) is 14.4. The van der Waals surface area contributed by atoms with Gasteiger partial charge in [0.15, 0.2) is 0 Å². The van der Waals surface area contributed by atoms with Gasteiger partial charge in [0.05, 0.1) is 0 Å². The zero-order valence-corrected chi connectivity index (χ0v) is 16.2. The number of ether oxygens (including phenoxy) is 2. The standard InChI is InChI=1S/C20H22N2O8/c1-2-12-28-20(27)21-15(19(26)30-22-16(23)9-10-17(22)24)8-11-18(25)29-13-14-6-4-3-5-7-14/h2-7,15H,1,8-13H2,(H,21,27)/t15-/m1/s1. The van der Waals surface area contributed by atoms with E-state index in [2.05, 4.69) is 11.9 Å². The Labute approximate surface area is 172 Å². The molecule has 0 bridgehead atoms. The van der Waals surface area contributed by atoms with Crippen LogP contribution in [0.25, 0.3) is 0 Å². The van der Waals surface area contributed by atoms with Crippen molar-refractivity contribution in [2.24, 2.45) is 0 Å². The summed E-state index contributed by atoms with van der Waals surface area (Å²) in [6, 6.07) is 7.66. The number of nitrogens with zero attached hydrogens (tertiary/aromatic N) is 1. The first-order valence-electron chi connectivity index (χ1n) is 9.22. The highest BCUT2D eigenvalue weighted by atomic mass is 16.7. The zero-order valence-electron chi connectivity index (χ0n) is 16.2. The Bertz CT molecular complexity index is 792. The van der Waals surface area contributed by atoms with E-state index < -0.39 is 35.9 Å². The highest BCUT2D eigenvalue weighted by Crippen LogP contribution is 2.14. The molecule has 1 heterocycles. The van der Waals surface area contributed by atoms with Gasteiger partial charge in [0.1, 0.15) is 19.3 Å². The smallest absolute Gasteiger partial charge is 0.408 e. The third kappa shape index (κ3) is 7.04. The molecule has 10 heteroatoms. The lowest BCUT2D eigenvalue weighted by Gasteiger charge is -2.19. The van der Waals surface area contributed by atoms with Crippen LogP contribution in [0.1, 0.15) is 31.2 Å². The van der Waals surface area contributed by atoms with E-state index in [1.165, 1.54) is 6.08 Å². The van der Waals surface area contributed by atoms with Gasteiger partial charge in [0.25, 0.3) is 11.8 Å². The molecule has 1 atom stereocenters. The van der Waals surface area contributed by atoms with Crippen molar-refractivity contribution in [2.75, 3.05) is 6.61 Å². The molecule has 1 saturated heterocycles. The second-order valence-corrected chi connectivity index (χ2v) is 6.26. The molecule has 1 aromatic carbocycles.